The van der Waals surface area contributed by atoms with Crippen LogP contribution in [0, 0.1) is 6.92 Å². The van der Waals surface area contributed by atoms with Crippen molar-refractivity contribution < 1.29 is 4.42 Å². The number of rotatable bonds is 3. The third-order valence-electron chi connectivity index (χ3n) is 6.24. The molecule has 0 N–H and O–H groups in total. The highest BCUT2D eigenvalue weighted by atomic mass is 16.3. The highest BCUT2D eigenvalue weighted by Crippen LogP contribution is 2.32. The summed E-state index contributed by atoms with van der Waals surface area (Å²) in [5.41, 5.74) is 6.28. The number of nitrogens with zero attached hydrogens (tertiary/aromatic N) is 6. The molecule has 6 rings (SSSR count). The smallest absolute Gasteiger partial charge is 0.328 e. The summed E-state index contributed by atoms with van der Waals surface area (Å²) >= 11 is 0. The maximum atomic E-state index is 12.5. The van der Waals surface area contributed by atoms with Crippen molar-refractivity contribution in [2.24, 2.45) is 21.1 Å². The summed E-state index contributed by atoms with van der Waals surface area (Å²) in [6, 6.07) is 16.1. The molecular weight excluding hydrogens is 416 g/mol. The van der Waals surface area contributed by atoms with Gasteiger partial charge >= 0.3 is 5.69 Å². The Morgan fingerprint density at radius 3 is 2.39 bits per heavy atom. The predicted octanol–water partition coefficient (Wildman–Crippen LogP) is 4.18. The molecule has 0 aliphatic carbocycles. The Labute approximate surface area is 189 Å². The van der Waals surface area contributed by atoms with E-state index in [9.17, 15) is 4.79 Å². The second-order valence-corrected chi connectivity index (χ2v) is 8.35. The van der Waals surface area contributed by atoms with E-state index in [2.05, 4.69) is 15.6 Å². The number of imidazole rings is 3. The quantitative estimate of drug-likeness (QED) is 0.415. The van der Waals surface area contributed by atoms with E-state index in [4.69, 9.17) is 9.40 Å². The highest BCUT2D eigenvalue weighted by Gasteiger charge is 2.19. The zero-order valence-corrected chi connectivity index (χ0v) is 18.8. The molecule has 8 heteroatoms. The molecule has 6 aromatic rings. The van der Waals surface area contributed by atoms with E-state index in [1.807, 2.05) is 67.2 Å². The molecule has 0 aliphatic rings. The first-order chi connectivity index (χ1) is 15.9. The maximum absolute atomic E-state index is 12.5. The van der Waals surface area contributed by atoms with Crippen LogP contribution in [0.1, 0.15) is 5.76 Å². The molecule has 0 spiro atoms. The van der Waals surface area contributed by atoms with Crippen LogP contribution in [-0.4, -0.2) is 28.2 Å². The number of furan rings is 1. The third kappa shape index (κ3) is 2.80. The molecule has 4 heterocycles. The number of aromatic nitrogens is 6. The van der Waals surface area contributed by atoms with Crippen molar-refractivity contribution >= 4 is 22.1 Å². The predicted molar refractivity (Wildman–Crippen MR) is 127 cm³/mol. The Bertz CT molecular complexity index is 1740. The van der Waals surface area contributed by atoms with Crippen LogP contribution in [0.25, 0.3) is 50.6 Å². The van der Waals surface area contributed by atoms with E-state index in [-0.39, 0.29) is 5.69 Å². The molecule has 0 saturated heterocycles. The van der Waals surface area contributed by atoms with Gasteiger partial charge in [0.25, 0.3) is 0 Å². The van der Waals surface area contributed by atoms with Gasteiger partial charge in [-0.15, -0.1) is 0 Å². The fourth-order valence-electron chi connectivity index (χ4n) is 4.46. The fourth-order valence-corrected chi connectivity index (χ4v) is 4.46. The molecule has 4 aromatic heterocycles. The molecule has 0 radical (unpaired) electrons. The van der Waals surface area contributed by atoms with E-state index in [0.29, 0.717) is 0 Å². The van der Waals surface area contributed by atoms with E-state index in [1.54, 1.807) is 29.6 Å². The molecular formula is C25H22N6O2. The first-order valence-electron chi connectivity index (χ1n) is 10.6. The van der Waals surface area contributed by atoms with Crippen molar-refractivity contribution in [3.63, 3.8) is 0 Å². The van der Waals surface area contributed by atoms with Crippen LogP contribution in [0.2, 0.25) is 0 Å². The average molecular weight is 438 g/mol. The number of benzene rings is 2. The van der Waals surface area contributed by atoms with Gasteiger partial charge in [0, 0.05) is 32.4 Å². The molecule has 0 saturated carbocycles. The fraction of sp³-hybridized carbons (Fsp3) is 0.160. The van der Waals surface area contributed by atoms with Crippen LogP contribution < -0.4 is 5.69 Å². The summed E-state index contributed by atoms with van der Waals surface area (Å²) in [6.45, 7) is 1.93. The van der Waals surface area contributed by atoms with Crippen LogP contribution in [0.3, 0.4) is 0 Å². The van der Waals surface area contributed by atoms with Crippen molar-refractivity contribution in [1.29, 1.82) is 0 Å². The Morgan fingerprint density at radius 1 is 0.879 bits per heavy atom. The molecule has 0 unspecified atom stereocenters. The van der Waals surface area contributed by atoms with Gasteiger partial charge in [-0.2, -0.15) is 0 Å². The Kier molecular flexibility index (Phi) is 4.01. The molecule has 0 atom stereocenters. The lowest BCUT2D eigenvalue weighted by Gasteiger charge is -2.11. The van der Waals surface area contributed by atoms with Crippen molar-refractivity contribution in [3.05, 3.63) is 77.3 Å². The lowest BCUT2D eigenvalue weighted by atomic mass is 10.1. The van der Waals surface area contributed by atoms with Gasteiger partial charge < -0.3 is 8.98 Å². The lowest BCUT2D eigenvalue weighted by Crippen LogP contribution is -2.19. The number of fused-ring (bicyclic) bond motifs is 2. The molecule has 0 bridgehead atoms. The van der Waals surface area contributed by atoms with Gasteiger partial charge in [-0.3, -0.25) is 13.7 Å². The largest absolute Gasteiger partial charge is 0.461 e. The zero-order valence-electron chi connectivity index (χ0n) is 18.8. The van der Waals surface area contributed by atoms with Crippen molar-refractivity contribution in [2.75, 3.05) is 0 Å². The molecule has 0 aliphatic heterocycles. The third-order valence-corrected chi connectivity index (χ3v) is 6.24. The SMILES string of the molecule is Cc1ccc(-c2ccc3c(c2)nc(-c2cncn2C)n3-c2ccc3c(c2)n(C)c(=O)n3C)o1. The van der Waals surface area contributed by atoms with Gasteiger partial charge in [-0.1, -0.05) is 0 Å². The van der Waals surface area contributed by atoms with Crippen LogP contribution in [0.4, 0.5) is 0 Å². The first-order valence-corrected chi connectivity index (χ1v) is 10.6. The minimum absolute atomic E-state index is 0.0529. The van der Waals surface area contributed by atoms with E-state index in [0.717, 1.165) is 56.4 Å². The van der Waals surface area contributed by atoms with Crippen LogP contribution in [-0.2, 0) is 21.1 Å². The molecule has 0 fully saturated rings. The molecule has 33 heavy (non-hydrogen) atoms. The van der Waals surface area contributed by atoms with E-state index in [1.165, 1.54) is 0 Å². The Balaban J connectivity index is 1.64. The van der Waals surface area contributed by atoms with Gasteiger partial charge in [0.2, 0.25) is 0 Å². The van der Waals surface area contributed by atoms with Crippen LogP contribution in [0.5, 0.6) is 0 Å². The first kappa shape index (κ1) is 19.4. The van der Waals surface area contributed by atoms with Crippen molar-refractivity contribution in [1.82, 2.24) is 28.2 Å². The van der Waals surface area contributed by atoms with Gasteiger partial charge in [-0.05, 0) is 55.5 Å². The van der Waals surface area contributed by atoms with Gasteiger partial charge in [-0.25, -0.2) is 14.8 Å². The monoisotopic (exact) mass is 438 g/mol. The van der Waals surface area contributed by atoms with Crippen LogP contribution in [0.15, 0.2) is 70.3 Å². The van der Waals surface area contributed by atoms with E-state index >= 15 is 0 Å². The molecule has 164 valence electrons. The lowest BCUT2D eigenvalue weighted by molar-refractivity contribution is 0.548. The molecule has 2 aromatic carbocycles. The Hall–Kier alpha value is -4.33. The Morgan fingerprint density at radius 2 is 1.67 bits per heavy atom. The van der Waals surface area contributed by atoms with Gasteiger partial charge in [0.05, 0.1) is 34.6 Å². The second kappa shape index (κ2) is 6.83. The van der Waals surface area contributed by atoms with Gasteiger partial charge in [0.15, 0.2) is 5.82 Å². The summed E-state index contributed by atoms with van der Waals surface area (Å²) < 4.78 is 13.2. The number of hydrogen-bond acceptors (Lipinski definition) is 4. The minimum atomic E-state index is -0.0529. The average Bonchev–Trinajstić information content (AvgIpc) is 3.57. The summed E-state index contributed by atoms with van der Waals surface area (Å²) in [6.07, 6.45) is 3.57. The molecule has 0 amide bonds. The van der Waals surface area contributed by atoms with E-state index < -0.39 is 0 Å². The number of aryl methyl sites for hydroxylation is 4. The molecule has 8 nitrogen and oxygen atoms in total. The summed E-state index contributed by atoms with van der Waals surface area (Å²) in [4.78, 5) is 21.7. The minimum Gasteiger partial charge on any atom is -0.461 e. The summed E-state index contributed by atoms with van der Waals surface area (Å²) in [5, 5.41) is 0. The van der Waals surface area contributed by atoms with Crippen molar-refractivity contribution in [2.45, 2.75) is 6.92 Å². The topological polar surface area (TPSA) is 75.7 Å². The maximum Gasteiger partial charge on any atom is 0.328 e. The highest BCUT2D eigenvalue weighted by molar-refractivity contribution is 5.88. The van der Waals surface area contributed by atoms with Gasteiger partial charge in [0.1, 0.15) is 17.2 Å². The summed E-state index contributed by atoms with van der Waals surface area (Å²) in [7, 11) is 5.53. The number of hydrogen-bond donors (Lipinski definition) is 0. The second-order valence-electron chi connectivity index (χ2n) is 8.35. The normalized spacial score (nSPS) is 11.8. The van der Waals surface area contributed by atoms with Crippen LogP contribution >= 0.6 is 0 Å². The summed E-state index contributed by atoms with van der Waals surface area (Å²) in [5.74, 6) is 2.46. The standard InChI is InChI=1S/C25H22N6O2/c1-15-5-10-23(33-15)16-6-8-19-18(11-16)27-24(22-13-26-14-28(22)2)31(19)17-7-9-20-21(12-17)30(4)25(32)29(20)3/h5-14H,1-4H3. The zero-order chi connectivity index (χ0) is 22.9. The van der Waals surface area contributed by atoms with Crippen molar-refractivity contribution in [3.8, 4) is 28.5 Å².